The first kappa shape index (κ1) is 10.0. The lowest BCUT2D eigenvalue weighted by atomic mass is 10.1. The SMILES string of the molecule is CC(=O)NC1(C(=O)C(F)(F)F)CC1. The van der Waals surface area contributed by atoms with Gasteiger partial charge in [0, 0.05) is 6.92 Å². The third-order valence-electron chi connectivity index (χ3n) is 1.86. The van der Waals surface area contributed by atoms with Crippen molar-refractivity contribution in [2.45, 2.75) is 31.5 Å². The molecule has 0 aromatic rings. The summed E-state index contributed by atoms with van der Waals surface area (Å²) < 4.78 is 35.8. The molecule has 0 aliphatic heterocycles. The van der Waals surface area contributed by atoms with Crippen LogP contribution in [0, 0.1) is 0 Å². The number of alkyl halides is 3. The Balaban J connectivity index is 2.71. The fraction of sp³-hybridized carbons (Fsp3) is 0.714. The van der Waals surface area contributed by atoms with Gasteiger partial charge >= 0.3 is 6.18 Å². The average Bonchev–Trinajstić information content (AvgIpc) is 2.64. The van der Waals surface area contributed by atoms with E-state index in [0.717, 1.165) is 6.92 Å². The molecule has 1 saturated carbocycles. The van der Waals surface area contributed by atoms with Crippen LogP contribution in [0.4, 0.5) is 13.2 Å². The van der Waals surface area contributed by atoms with Crippen molar-refractivity contribution in [3.05, 3.63) is 0 Å². The number of amides is 1. The fourth-order valence-corrected chi connectivity index (χ4v) is 1.14. The molecule has 0 atom stereocenters. The molecule has 0 spiro atoms. The van der Waals surface area contributed by atoms with Crippen molar-refractivity contribution < 1.29 is 22.8 Å². The molecule has 0 aromatic heterocycles. The first-order valence-electron chi connectivity index (χ1n) is 3.68. The van der Waals surface area contributed by atoms with Gasteiger partial charge in [0.1, 0.15) is 5.54 Å². The second-order valence-corrected chi connectivity index (χ2v) is 3.09. The van der Waals surface area contributed by atoms with E-state index < -0.39 is 23.4 Å². The molecule has 74 valence electrons. The van der Waals surface area contributed by atoms with Crippen molar-refractivity contribution in [1.82, 2.24) is 5.32 Å². The molecule has 1 fully saturated rings. The molecule has 3 nitrogen and oxygen atoms in total. The molecule has 1 amide bonds. The van der Waals surface area contributed by atoms with Gasteiger partial charge in [0.05, 0.1) is 0 Å². The van der Waals surface area contributed by atoms with Crippen LogP contribution >= 0.6 is 0 Å². The number of ketones is 1. The highest BCUT2D eigenvalue weighted by Gasteiger charge is 2.60. The van der Waals surface area contributed by atoms with Crippen molar-refractivity contribution in [2.75, 3.05) is 0 Å². The number of carbonyl (C=O) groups excluding carboxylic acids is 2. The van der Waals surface area contributed by atoms with E-state index >= 15 is 0 Å². The van der Waals surface area contributed by atoms with E-state index in [-0.39, 0.29) is 12.8 Å². The zero-order valence-corrected chi connectivity index (χ0v) is 6.86. The molecule has 1 N–H and O–H groups in total. The predicted octanol–water partition coefficient (Wildman–Crippen LogP) is 0.786. The summed E-state index contributed by atoms with van der Waals surface area (Å²) in [5.41, 5.74) is -1.65. The summed E-state index contributed by atoms with van der Waals surface area (Å²) in [5.74, 6) is -2.47. The Morgan fingerprint density at radius 2 is 1.77 bits per heavy atom. The maximum atomic E-state index is 11.9. The highest BCUT2D eigenvalue weighted by Crippen LogP contribution is 2.41. The second-order valence-electron chi connectivity index (χ2n) is 3.09. The highest BCUT2D eigenvalue weighted by atomic mass is 19.4. The van der Waals surface area contributed by atoms with Gasteiger partial charge in [-0.3, -0.25) is 9.59 Å². The molecule has 0 heterocycles. The number of hydrogen-bond acceptors (Lipinski definition) is 2. The first-order chi connectivity index (χ1) is 5.78. The standard InChI is InChI=1S/C7H8F3NO2/c1-4(12)11-6(2-3-6)5(13)7(8,9)10/h2-3H2,1H3,(H,11,12). The Labute approximate surface area is 72.3 Å². The van der Waals surface area contributed by atoms with Crippen molar-refractivity contribution in [3.63, 3.8) is 0 Å². The number of rotatable bonds is 2. The Bertz CT molecular complexity index is 255. The molecule has 1 aliphatic carbocycles. The molecule has 0 bridgehead atoms. The van der Waals surface area contributed by atoms with Gasteiger partial charge in [-0.1, -0.05) is 0 Å². The molecule has 0 saturated heterocycles. The summed E-state index contributed by atoms with van der Waals surface area (Å²) in [7, 11) is 0. The lowest BCUT2D eigenvalue weighted by Gasteiger charge is -2.16. The molecular formula is C7H8F3NO2. The number of carbonyl (C=O) groups is 2. The Morgan fingerprint density at radius 3 is 2.00 bits per heavy atom. The van der Waals surface area contributed by atoms with E-state index in [0.29, 0.717) is 0 Å². The molecule has 0 radical (unpaired) electrons. The number of Topliss-reactive ketones (excluding diaryl/α,β-unsaturated/α-hetero) is 1. The van der Waals surface area contributed by atoms with Gasteiger partial charge in [0.15, 0.2) is 0 Å². The van der Waals surface area contributed by atoms with E-state index in [9.17, 15) is 22.8 Å². The quantitative estimate of drug-likeness (QED) is 0.707. The molecule has 0 unspecified atom stereocenters. The predicted molar refractivity (Wildman–Crippen MR) is 36.8 cm³/mol. The summed E-state index contributed by atoms with van der Waals surface area (Å²) in [6, 6.07) is 0. The Morgan fingerprint density at radius 1 is 1.31 bits per heavy atom. The normalized spacial score (nSPS) is 19.4. The van der Waals surface area contributed by atoms with E-state index in [1.807, 2.05) is 5.32 Å². The highest BCUT2D eigenvalue weighted by molar-refractivity contribution is 5.98. The van der Waals surface area contributed by atoms with Gasteiger partial charge in [-0.05, 0) is 12.8 Å². The van der Waals surface area contributed by atoms with Crippen LogP contribution in [0.2, 0.25) is 0 Å². The summed E-state index contributed by atoms with van der Waals surface area (Å²) in [6.07, 6.45) is -4.71. The van der Waals surface area contributed by atoms with Crippen LogP contribution in [0.15, 0.2) is 0 Å². The maximum Gasteiger partial charge on any atom is 0.452 e. The maximum absolute atomic E-state index is 11.9. The van der Waals surface area contributed by atoms with Gasteiger partial charge < -0.3 is 5.32 Å². The third kappa shape index (κ3) is 1.99. The van der Waals surface area contributed by atoms with E-state index in [1.54, 1.807) is 0 Å². The first-order valence-corrected chi connectivity index (χ1v) is 3.68. The fourth-order valence-electron chi connectivity index (χ4n) is 1.14. The average molecular weight is 195 g/mol. The lowest BCUT2D eigenvalue weighted by Crippen LogP contribution is -2.48. The van der Waals surface area contributed by atoms with Crippen LogP contribution in [-0.2, 0) is 9.59 Å². The molecule has 1 aliphatic rings. The van der Waals surface area contributed by atoms with Gasteiger partial charge in [-0.2, -0.15) is 13.2 Å². The second kappa shape index (κ2) is 2.71. The largest absolute Gasteiger partial charge is 0.452 e. The summed E-state index contributed by atoms with van der Waals surface area (Å²) in [5, 5.41) is 2.03. The molecular weight excluding hydrogens is 187 g/mol. The third-order valence-corrected chi connectivity index (χ3v) is 1.86. The minimum Gasteiger partial charge on any atom is -0.343 e. The van der Waals surface area contributed by atoms with Crippen molar-refractivity contribution in [2.24, 2.45) is 0 Å². The van der Waals surface area contributed by atoms with Crippen molar-refractivity contribution in [1.29, 1.82) is 0 Å². The van der Waals surface area contributed by atoms with E-state index in [4.69, 9.17) is 0 Å². The Kier molecular flexibility index (Phi) is 2.09. The zero-order chi connectivity index (χ0) is 10.3. The van der Waals surface area contributed by atoms with Crippen LogP contribution in [0.3, 0.4) is 0 Å². The summed E-state index contributed by atoms with van der Waals surface area (Å²) >= 11 is 0. The summed E-state index contributed by atoms with van der Waals surface area (Å²) in [6.45, 7) is 1.09. The number of nitrogens with one attached hydrogen (secondary N) is 1. The minimum atomic E-state index is -4.86. The Hall–Kier alpha value is -1.07. The number of halogens is 3. The van der Waals surface area contributed by atoms with Crippen LogP contribution in [0.1, 0.15) is 19.8 Å². The van der Waals surface area contributed by atoms with Gasteiger partial charge in [-0.25, -0.2) is 0 Å². The van der Waals surface area contributed by atoms with Gasteiger partial charge in [0.25, 0.3) is 5.78 Å². The molecule has 1 rings (SSSR count). The van der Waals surface area contributed by atoms with E-state index in [2.05, 4.69) is 0 Å². The van der Waals surface area contributed by atoms with Crippen molar-refractivity contribution >= 4 is 11.7 Å². The molecule has 6 heteroatoms. The molecule has 13 heavy (non-hydrogen) atoms. The lowest BCUT2D eigenvalue weighted by molar-refractivity contribution is -0.174. The van der Waals surface area contributed by atoms with Crippen LogP contribution in [-0.4, -0.2) is 23.4 Å². The van der Waals surface area contributed by atoms with Crippen molar-refractivity contribution in [3.8, 4) is 0 Å². The van der Waals surface area contributed by atoms with Gasteiger partial charge in [-0.15, -0.1) is 0 Å². The monoisotopic (exact) mass is 195 g/mol. The van der Waals surface area contributed by atoms with E-state index in [1.165, 1.54) is 0 Å². The zero-order valence-electron chi connectivity index (χ0n) is 6.86. The molecule has 0 aromatic carbocycles. The topological polar surface area (TPSA) is 46.2 Å². The minimum absolute atomic E-state index is 0.0743. The van der Waals surface area contributed by atoms with Gasteiger partial charge in [0.2, 0.25) is 5.91 Å². The number of hydrogen-bond donors (Lipinski definition) is 1. The van der Waals surface area contributed by atoms with Crippen LogP contribution in [0.25, 0.3) is 0 Å². The smallest absolute Gasteiger partial charge is 0.343 e. The summed E-state index contributed by atoms with van der Waals surface area (Å²) in [4.78, 5) is 21.2. The van der Waals surface area contributed by atoms with Crippen LogP contribution in [0.5, 0.6) is 0 Å². The van der Waals surface area contributed by atoms with Crippen LogP contribution < -0.4 is 5.32 Å².